The molecule has 0 heterocycles. The van der Waals surface area contributed by atoms with E-state index in [1.165, 1.54) is 13.8 Å². The Morgan fingerprint density at radius 1 is 0.412 bits per heavy atom. The average Bonchev–Trinajstić information content (AvgIpc) is 2.79. The molecule has 0 aliphatic heterocycles. The number of unbranched alkanes of at least 4 members (excludes halogenated alkanes) is 14. The largest absolute Gasteiger partial charge is 0.466 e. The normalized spacial score (nSPS) is 10.5. The topological polar surface area (TPSA) is 105 Å². The monoisotopic (exact) mass is 486 g/mol. The number of rotatable bonds is 22. The second-order valence-electron chi connectivity index (χ2n) is 8.75. The number of esters is 2. The lowest BCUT2D eigenvalue weighted by Gasteiger charge is -2.05. The van der Waals surface area contributed by atoms with Gasteiger partial charge in [0.1, 0.15) is 0 Å². The van der Waals surface area contributed by atoms with E-state index in [0.29, 0.717) is 13.2 Å². The lowest BCUT2D eigenvalue weighted by Crippen LogP contribution is -2.11. The SMILES string of the molecule is CC(=O)OCCCCCCCCCCC(=O)OOC(=O)CCCCCCCCCCOC(C)=O. The Labute approximate surface area is 205 Å². The molecule has 0 radical (unpaired) electrons. The van der Waals surface area contributed by atoms with Gasteiger partial charge in [-0.15, -0.1) is 0 Å². The first-order valence-electron chi connectivity index (χ1n) is 13.1. The van der Waals surface area contributed by atoms with E-state index in [9.17, 15) is 19.2 Å². The molecule has 0 atom stereocenters. The van der Waals surface area contributed by atoms with E-state index in [2.05, 4.69) is 9.78 Å². The molecular formula is C26H46O8. The summed E-state index contributed by atoms with van der Waals surface area (Å²) in [6, 6.07) is 0. The molecule has 198 valence electrons. The van der Waals surface area contributed by atoms with Crippen molar-refractivity contribution in [1.82, 2.24) is 0 Å². The van der Waals surface area contributed by atoms with Crippen molar-refractivity contribution in [2.24, 2.45) is 0 Å². The minimum atomic E-state index is -0.493. The van der Waals surface area contributed by atoms with Crippen LogP contribution in [0, 0.1) is 0 Å². The standard InChI is InChI=1S/C26H46O8/c1-23(27)31-21-17-13-9-5-3-7-11-15-19-25(29)33-34-26(30)20-16-12-8-4-6-10-14-18-22-32-24(2)28/h3-22H2,1-2H3. The number of ether oxygens (including phenoxy) is 2. The highest BCUT2D eigenvalue weighted by Gasteiger charge is 2.09. The summed E-state index contributed by atoms with van der Waals surface area (Å²) in [5, 5.41) is 0. The van der Waals surface area contributed by atoms with Gasteiger partial charge in [-0.1, -0.05) is 77.0 Å². The van der Waals surface area contributed by atoms with Gasteiger partial charge < -0.3 is 9.47 Å². The van der Waals surface area contributed by atoms with Crippen LogP contribution >= 0.6 is 0 Å². The molecule has 0 aromatic carbocycles. The van der Waals surface area contributed by atoms with Crippen LogP contribution in [0.25, 0.3) is 0 Å². The number of carbonyl (C=O) groups excluding carboxylic acids is 4. The summed E-state index contributed by atoms with van der Waals surface area (Å²) in [6.45, 7) is 3.85. The van der Waals surface area contributed by atoms with Crippen molar-refractivity contribution in [3.63, 3.8) is 0 Å². The molecule has 0 N–H and O–H groups in total. The smallest absolute Gasteiger partial charge is 0.355 e. The van der Waals surface area contributed by atoms with Gasteiger partial charge in [0.2, 0.25) is 0 Å². The molecule has 0 fully saturated rings. The molecule has 8 heteroatoms. The van der Waals surface area contributed by atoms with Crippen molar-refractivity contribution < 1.29 is 38.4 Å². The molecule has 0 rings (SSSR count). The van der Waals surface area contributed by atoms with Crippen LogP contribution < -0.4 is 0 Å². The van der Waals surface area contributed by atoms with Crippen LogP contribution in [0.15, 0.2) is 0 Å². The van der Waals surface area contributed by atoms with E-state index in [1.807, 2.05) is 0 Å². The van der Waals surface area contributed by atoms with Gasteiger partial charge in [-0.3, -0.25) is 9.59 Å². The zero-order valence-electron chi connectivity index (χ0n) is 21.4. The van der Waals surface area contributed by atoms with Crippen LogP contribution in [0.4, 0.5) is 0 Å². The minimum absolute atomic E-state index is 0.224. The van der Waals surface area contributed by atoms with Crippen LogP contribution in [-0.2, 0) is 38.4 Å². The van der Waals surface area contributed by atoms with Gasteiger partial charge in [-0.05, 0) is 25.7 Å². The summed E-state index contributed by atoms with van der Waals surface area (Å²) < 4.78 is 9.78. The molecular weight excluding hydrogens is 440 g/mol. The van der Waals surface area contributed by atoms with Gasteiger partial charge in [0.15, 0.2) is 0 Å². The summed E-state index contributed by atoms with van der Waals surface area (Å²) in [5.74, 6) is -1.43. The maximum Gasteiger partial charge on any atom is 0.355 e. The third-order valence-corrected chi connectivity index (χ3v) is 5.39. The van der Waals surface area contributed by atoms with E-state index in [0.717, 1.165) is 103 Å². The summed E-state index contributed by atoms with van der Waals surface area (Å²) in [4.78, 5) is 53.8. The second kappa shape index (κ2) is 24.0. The van der Waals surface area contributed by atoms with Crippen molar-refractivity contribution >= 4 is 23.9 Å². The van der Waals surface area contributed by atoms with E-state index < -0.39 is 11.9 Å². The van der Waals surface area contributed by atoms with Gasteiger partial charge in [0.05, 0.1) is 26.1 Å². The first-order chi connectivity index (χ1) is 16.4. The fourth-order valence-electron chi connectivity index (χ4n) is 3.47. The van der Waals surface area contributed by atoms with Crippen LogP contribution in [-0.4, -0.2) is 37.1 Å². The van der Waals surface area contributed by atoms with Crippen molar-refractivity contribution in [2.45, 2.75) is 129 Å². The fourth-order valence-corrected chi connectivity index (χ4v) is 3.47. The van der Waals surface area contributed by atoms with E-state index in [1.54, 1.807) is 0 Å². The van der Waals surface area contributed by atoms with Crippen LogP contribution in [0.5, 0.6) is 0 Å². The Kier molecular flexibility index (Phi) is 22.5. The highest BCUT2D eigenvalue weighted by Crippen LogP contribution is 2.12. The zero-order valence-corrected chi connectivity index (χ0v) is 21.4. The molecule has 0 saturated carbocycles. The molecule has 0 amide bonds. The first-order valence-corrected chi connectivity index (χ1v) is 13.1. The van der Waals surface area contributed by atoms with Crippen LogP contribution in [0.3, 0.4) is 0 Å². The molecule has 0 aromatic heterocycles. The maximum absolute atomic E-state index is 11.6. The average molecular weight is 487 g/mol. The number of hydrogen-bond donors (Lipinski definition) is 0. The number of hydrogen-bond acceptors (Lipinski definition) is 8. The van der Waals surface area contributed by atoms with Crippen LogP contribution in [0.2, 0.25) is 0 Å². The molecule has 34 heavy (non-hydrogen) atoms. The lowest BCUT2D eigenvalue weighted by atomic mass is 10.1. The summed E-state index contributed by atoms with van der Waals surface area (Å²) in [7, 11) is 0. The van der Waals surface area contributed by atoms with E-state index in [4.69, 9.17) is 9.47 Å². The predicted octanol–water partition coefficient (Wildman–Crippen LogP) is 6.14. The van der Waals surface area contributed by atoms with Crippen molar-refractivity contribution in [3.05, 3.63) is 0 Å². The van der Waals surface area contributed by atoms with Crippen LogP contribution in [0.1, 0.15) is 129 Å². The Bertz CT molecular complexity index is 499. The molecule has 0 spiro atoms. The summed E-state index contributed by atoms with van der Waals surface area (Å²) in [5.41, 5.74) is 0. The molecule has 0 unspecified atom stereocenters. The van der Waals surface area contributed by atoms with Gasteiger partial charge >= 0.3 is 23.9 Å². The molecule has 0 aliphatic carbocycles. The summed E-state index contributed by atoms with van der Waals surface area (Å²) in [6.07, 6.45) is 16.7. The molecule has 0 saturated heterocycles. The third kappa shape index (κ3) is 26.1. The highest BCUT2D eigenvalue weighted by molar-refractivity contribution is 5.72. The summed E-state index contributed by atoms with van der Waals surface area (Å²) >= 11 is 0. The zero-order chi connectivity index (χ0) is 25.3. The lowest BCUT2D eigenvalue weighted by molar-refractivity contribution is -0.259. The Morgan fingerprint density at radius 3 is 0.971 bits per heavy atom. The molecule has 8 nitrogen and oxygen atoms in total. The molecule has 0 aliphatic rings. The van der Waals surface area contributed by atoms with E-state index in [-0.39, 0.29) is 24.8 Å². The molecule has 0 bridgehead atoms. The second-order valence-corrected chi connectivity index (χ2v) is 8.75. The van der Waals surface area contributed by atoms with Gasteiger partial charge in [-0.25, -0.2) is 19.4 Å². The Balaban J connectivity index is 3.33. The van der Waals surface area contributed by atoms with E-state index >= 15 is 0 Å². The Morgan fingerprint density at radius 2 is 0.676 bits per heavy atom. The molecule has 0 aromatic rings. The van der Waals surface area contributed by atoms with Crippen molar-refractivity contribution in [2.75, 3.05) is 13.2 Å². The quantitative estimate of drug-likeness (QED) is 0.0778. The Hall–Kier alpha value is -2.12. The first kappa shape index (κ1) is 31.9. The van der Waals surface area contributed by atoms with Gasteiger partial charge in [-0.2, -0.15) is 0 Å². The fraction of sp³-hybridized carbons (Fsp3) is 0.846. The van der Waals surface area contributed by atoms with Crippen molar-refractivity contribution in [1.29, 1.82) is 0 Å². The van der Waals surface area contributed by atoms with Gasteiger partial charge in [0, 0.05) is 13.8 Å². The minimum Gasteiger partial charge on any atom is -0.466 e. The number of carbonyl (C=O) groups is 4. The predicted molar refractivity (Wildman–Crippen MR) is 129 cm³/mol. The highest BCUT2D eigenvalue weighted by atomic mass is 17.2. The third-order valence-electron chi connectivity index (χ3n) is 5.39. The van der Waals surface area contributed by atoms with Gasteiger partial charge in [0.25, 0.3) is 0 Å². The van der Waals surface area contributed by atoms with Crippen molar-refractivity contribution in [3.8, 4) is 0 Å². The maximum atomic E-state index is 11.6.